The van der Waals surface area contributed by atoms with E-state index in [0.29, 0.717) is 18.2 Å². The Balaban J connectivity index is 1.51. The van der Waals surface area contributed by atoms with Gasteiger partial charge in [0.15, 0.2) is 0 Å². The van der Waals surface area contributed by atoms with Crippen LogP contribution in [0, 0.1) is 0 Å². The second kappa shape index (κ2) is 7.92. The first-order chi connectivity index (χ1) is 10.4. The fourth-order valence-electron chi connectivity index (χ4n) is 3.43. The first-order valence-corrected chi connectivity index (χ1v) is 8.41. The van der Waals surface area contributed by atoms with Crippen molar-refractivity contribution in [3.05, 3.63) is 35.9 Å². The third kappa shape index (κ3) is 4.53. The molecule has 1 N–H and O–H groups in total. The van der Waals surface area contributed by atoms with Gasteiger partial charge in [0, 0.05) is 25.3 Å². The molecule has 2 atom stereocenters. The van der Waals surface area contributed by atoms with Crippen molar-refractivity contribution in [1.82, 2.24) is 5.32 Å². The van der Waals surface area contributed by atoms with Crippen molar-refractivity contribution in [3.63, 3.8) is 0 Å². The third-order valence-electron chi connectivity index (χ3n) is 4.68. The summed E-state index contributed by atoms with van der Waals surface area (Å²) < 4.78 is 11.7. The van der Waals surface area contributed by atoms with Gasteiger partial charge in [-0.1, -0.05) is 43.2 Å². The zero-order valence-electron chi connectivity index (χ0n) is 12.8. The molecule has 0 aromatic heterocycles. The number of hydrogen-bond acceptors (Lipinski definition) is 3. The summed E-state index contributed by atoms with van der Waals surface area (Å²) in [6.07, 6.45) is 7.70. The van der Waals surface area contributed by atoms with Crippen LogP contribution < -0.4 is 5.32 Å². The van der Waals surface area contributed by atoms with Crippen molar-refractivity contribution in [2.75, 3.05) is 13.2 Å². The molecule has 0 spiro atoms. The molecule has 2 aliphatic rings. The highest BCUT2D eigenvalue weighted by Crippen LogP contribution is 2.24. The highest BCUT2D eigenvalue weighted by atomic mass is 16.5. The van der Waals surface area contributed by atoms with E-state index < -0.39 is 0 Å². The lowest BCUT2D eigenvalue weighted by Crippen LogP contribution is -2.49. The van der Waals surface area contributed by atoms with E-state index >= 15 is 0 Å². The average Bonchev–Trinajstić information content (AvgIpc) is 2.56. The lowest BCUT2D eigenvalue weighted by atomic mass is 9.91. The van der Waals surface area contributed by atoms with Gasteiger partial charge in [0.25, 0.3) is 0 Å². The van der Waals surface area contributed by atoms with Crippen LogP contribution in [0.4, 0.5) is 0 Å². The molecule has 1 aromatic rings. The largest absolute Gasteiger partial charge is 0.381 e. The third-order valence-corrected chi connectivity index (χ3v) is 4.68. The summed E-state index contributed by atoms with van der Waals surface area (Å²) in [4.78, 5) is 0. The summed E-state index contributed by atoms with van der Waals surface area (Å²) in [6.45, 7) is 2.54. The molecule has 0 radical (unpaired) electrons. The van der Waals surface area contributed by atoms with Gasteiger partial charge < -0.3 is 14.8 Å². The molecule has 1 heterocycles. The Morgan fingerprint density at radius 1 is 1.00 bits per heavy atom. The number of rotatable bonds is 5. The molecule has 3 heteroatoms. The molecule has 116 valence electrons. The van der Waals surface area contributed by atoms with Gasteiger partial charge >= 0.3 is 0 Å². The van der Waals surface area contributed by atoms with Gasteiger partial charge in [0.05, 0.1) is 12.7 Å². The molecule has 0 bridgehead atoms. The number of nitrogens with one attached hydrogen (secondary N) is 1. The van der Waals surface area contributed by atoms with Crippen LogP contribution in [-0.4, -0.2) is 31.4 Å². The fraction of sp³-hybridized carbons (Fsp3) is 0.667. The van der Waals surface area contributed by atoms with Gasteiger partial charge in [-0.15, -0.1) is 0 Å². The molecule has 1 saturated heterocycles. The summed E-state index contributed by atoms with van der Waals surface area (Å²) in [5.41, 5.74) is 1.27. The summed E-state index contributed by atoms with van der Waals surface area (Å²) in [6, 6.07) is 11.6. The Labute approximate surface area is 128 Å². The number of hydrogen-bond donors (Lipinski definition) is 1. The van der Waals surface area contributed by atoms with Crippen molar-refractivity contribution < 1.29 is 9.47 Å². The van der Waals surface area contributed by atoms with E-state index in [9.17, 15) is 0 Å². The maximum Gasteiger partial charge on any atom is 0.0732 e. The predicted octanol–water partition coefficient (Wildman–Crippen LogP) is 3.28. The molecule has 21 heavy (non-hydrogen) atoms. The Morgan fingerprint density at radius 2 is 1.76 bits per heavy atom. The van der Waals surface area contributed by atoms with Gasteiger partial charge in [0.2, 0.25) is 0 Å². The quantitative estimate of drug-likeness (QED) is 0.902. The zero-order valence-corrected chi connectivity index (χ0v) is 12.8. The van der Waals surface area contributed by atoms with Crippen molar-refractivity contribution in [3.8, 4) is 0 Å². The smallest absolute Gasteiger partial charge is 0.0732 e. The molecule has 1 aliphatic heterocycles. The summed E-state index contributed by atoms with van der Waals surface area (Å²) in [5.74, 6) is 0. The molecule has 1 aliphatic carbocycles. The van der Waals surface area contributed by atoms with E-state index in [2.05, 4.69) is 35.6 Å². The van der Waals surface area contributed by atoms with E-state index in [1.54, 1.807) is 0 Å². The first-order valence-electron chi connectivity index (χ1n) is 8.41. The van der Waals surface area contributed by atoms with Crippen LogP contribution in [0.25, 0.3) is 0 Å². The lowest BCUT2D eigenvalue weighted by Gasteiger charge is -2.36. The molecule has 0 amide bonds. The van der Waals surface area contributed by atoms with Crippen LogP contribution in [-0.2, 0) is 16.1 Å². The summed E-state index contributed by atoms with van der Waals surface area (Å²) in [5, 5.41) is 3.84. The minimum atomic E-state index is 0.363. The number of benzene rings is 1. The average molecular weight is 289 g/mol. The van der Waals surface area contributed by atoms with Gasteiger partial charge in [-0.25, -0.2) is 0 Å². The van der Waals surface area contributed by atoms with E-state index in [1.165, 1.54) is 31.2 Å². The lowest BCUT2D eigenvalue weighted by molar-refractivity contribution is -0.0143. The highest BCUT2D eigenvalue weighted by molar-refractivity contribution is 5.13. The first kappa shape index (κ1) is 15.0. The van der Waals surface area contributed by atoms with Crippen molar-refractivity contribution >= 4 is 0 Å². The van der Waals surface area contributed by atoms with E-state index in [0.717, 1.165) is 32.7 Å². The standard InChI is InChI=1S/C18H27NO2/c1-2-6-15(7-3-1)14-21-18-9-5-4-8-17(18)19-16-10-12-20-13-11-16/h1-3,6-7,16-19H,4-5,8-14H2. The molecule has 2 fully saturated rings. The minimum Gasteiger partial charge on any atom is -0.381 e. The van der Waals surface area contributed by atoms with Crippen LogP contribution in [0.2, 0.25) is 0 Å². The predicted molar refractivity (Wildman–Crippen MR) is 84.3 cm³/mol. The van der Waals surface area contributed by atoms with Crippen LogP contribution in [0.3, 0.4) is 0 Å². The van der Waals surface area contributed by atoms with Gasteiger partial charge in [-0.2, -0.15) is 0 Å². The fourth-order valence-corrected chi connectivity index (χ4v) is 3.43. The summed E-state index contributed by atoms with van der Waals surface area (Å²) >= 11 is 0. The van der Waals surface area contributed by atoms with E-state index in [1.807, 2.05) is 0 Å². The van der Waals surface area contributed by atoms with E-state index in [-0.39, 0.29) is 0 Å². The van der Waals surface area contributed by atoms with Gasteiger partial charge in [0.1, 0.15) is 0 Å². The molecule has 1 saturated carbocycles. The minimum absolute atomic E-state index is 0.363. The zero-order chi connectivity index (χ0) is 14.3. The molecule has 1 aromatic carbocycles. The maximum atomic E-state index is 6.23. The Bertz CT molecular complexity index is 403. The van der Waals surface area contributed by atoms with E-state index in [4.69, 9.17) is 9.47 Å². The topological polar surface area (TPSA) is 30.5 Å². The van der Waals surface area contributed by atoms with Crippen LogP contribution in [0.15, 0.2) is 30.3 Å². The Hall–Kier alpha value is -0.900. The van der Waals surface area contributed by atoms with Crippen LogP contribution in [0.5, 0.6) is 0 Å². The van der Waals surface area contributed by atoms with Gasteiger partial charge in [-0.3, -0.25) is 0 Å². The Kier molecular flexibility index (Phi) is 5.67. The molecular formula is C18H27NO2. The van der Waals surface area contributed by atoms with Crippen molar-refractivity contribution in [1.29, 1.82) is 0 Å². The SMILES string of the molecule is c1ccc(COC2CCCCC2NC2CCOCC2)cc1. The molecule has 2 unspecified atom stereocenters. The second-order valence-corrected chi connectivity index (χ2v) is 6.28. The van der Waals surface area contributed by atoms with Crippen LogP contribution in [0.1, 0.15) is 44.1 Å². The molecule has 3 rings (SSSR count). The number of ether oxygens (including phenoxy) is 2. The van der Waals surface area contributed by atoms with Gasteiger partial charge in [-0.05, 0) is 31.2 Å². The summed E-state index contributed by atoms with van der Waals surface area (Å²) in [7, 11) is 0. The molecular weight excluding hydrogens is 262 g/mol. The monoisotopic (exact) mass is 289 g/mol. The molecule has 3 nitrogen and oxygen atoms in total. The van der Waals surface area contributed by atoms with Crippen molar-refractivity contribution in [2.45, 2.75) is 63.3 Å². The normalized spacial score (nSPS) is 27.6. The highest BCUT2D eigenvalue weighted by Gasteiger charge is 2.28. The Morgan fingerprint density at radius 3 is 2.57 bits per heavy atom. The maximum absolute atomic E-state index is 6.23. The van der Waals surface area contributed by atoms with Crippen molar-refractivity contribution in [2.24, 2.45) is 0 Å². The van der Waals surface area contributed by atoms with Crippen LogP contribution >= 0.6 is 0 Å². The second-order valence-electron chi connectivity index (χ2n) is 6.28.